The van der Waals surface area contributed by atoms with Crippen LogP contribution in [-0.4, -0.2) is 26.7 Å². The van der Waals surface area contributed by atoms with Gasteiger partial charge in [0.15, 0.2) is 6.79 Å². The Morgan fingerprint density at radius 2 is 1.66 bits per heavy atom. The summed E-state index contributed by atoms with van der Waals surface area (Å²) in [5.41, 5.74) is 7.08. The molecule has 168 valence electrons. The van der Waals surface area contributed by atoms with E-state index in [1.807, 2.05) is 13.1 Å². The molecular formula is C28H34NO2P. The van der Waals surface area contributed by atoms with E-state index in [0.717, 1.165) is 22.6 Å². The molecule has 0 aliphatic heterocycles. The maximum atomic E-state index is 6.06. The van der Waals surface area contributed by atoms with Crippen molar-refractivity contribution >= 4 is 24.9 Å². The van der Waals surface area contributed by atoms with E-state index in [1.54, 1.807) is 7.11 Å². The highest BCUT2D eigenvalue weighted by Gasteiger charge is 2.21. The van der Waals surface area contributed by atoms with Crippen LogP contribution in [0.4, 0.5) is 0 Å². The van der Waals surface area contributed by atoms with Crippen LogP contribution in [0.2, 0.25) is 0 Å². The molecule has 0 aliphatic carbocycles. The normalized spacial score (nSPS) is 12.5. The summed E-state index contributed by atoms with van der Waals surface area (Å²) in [7, 11) is 3.96. The van der Waals surface area contributed by atoms with Crippen LogP contribution in [0.25, 0.3) is 0 Å². The van der Waals surface area contributed by atoms with E-state index in [9.17, 15) is 0 Å². The minimum absolute atomic E-state index is 0.0540. The van der Waals surface area contributed by atoms with Gasteiger partial charge in [-0.3, -0.25) is 4.99 Å². The van der Waals surface area contributed by atoms with Crippen LogP contribution in [0.1, 0.15) is 48.6 Å². The molecule has 32 heavy (non-hydrogen) atoms. The average Bonchev–Trinajstić information content (AvgIpc) is 2.76. The fourth-order valence-electron chi connectivity index (χ4n) is 3.78. The van der Waals surface area contributed by atoms with Crippen molar-refractivity contribution in [3.63, 3.8) is 0 Å². The Morgan fingerprint density at radius 3 is 2.28 bits per heavy atom. The molecule has 0 saturated heterocycles. The van der Waals surface area contributed by atoms with Crippen LogP contribution in [-0.2, 0) is 10.2 Å². The Kier molecular flexibility index (Phi) is 7.87. The molecule has 0 N–H and O–H groups in total. The maximum absolute atomic E-state index is 6.06. The highest BCUT2D eigenvalue weighted by atomic mass is 31.1. The molecule has 0 bridgehead atoms. The van der Waals surface area contributed by atoms with Crippen molar-refractivity contribution in [2.45, 2.75) is 40.0 Å². The lowest BCUT2D eigenvalue weighted by molar-refractivity contribution is 0.0514. The number of ether oxygens (including phenoxy) is 2. The van der Waals surface area contributed by atoms with Crippen LogP contribution in [0.15, 0.2) is 65.7 Å². The summed E-state index contributed by atoms with van der Waals surface area (Å²) in [5.74, 6) is 0.919. The van der Waals surface area contributed by atoms with Gasteiger partial charge in [-0.1, -0.05) is 83.9 Å². The van der Waals surface area contributed by atoms with Gasteiger partial charge in [-0.15, -0.1) is 0 Å². The van der Waals surface area contributed by atoms with Crippen molar-refractivity contribution in [3.8, 4) is 5.75 Å². The standard InChI is InChI=1S/C28H34NO2P/c1-19-12-11-15-23(25(29-6)21-13-9-8-10-14-21)27(19)32-24-17-22(28(3,4)5)16-20(2)26(24)31-18-30-7/h8-17,32H,18H2,1-7H3/b29-25+. The minimum Gasteiger partial charge on any atom is -0.467 e. The number of nitrogens with zero attached hydrogens (tertiary/aromatic N) is 1. The molecule has 0 aromatic heterocycles. The molecule has 3 nitrogen and oxygen atoms in total. The van der Waals surface area contributed by atoms with Gasteiger partial charge < -0.3 is 9.47 Å². The molecule has 0 amide bonds. The van der Waals surface area contributed by atoms with Crippen LogP contribution < -0.4 is 15.3 Å². The first-order valence-electron chi connectivity index (χ1n) is 10.9. The van der Waals surface area contributed by atoms with Crippen LogP contribution in [0.5, 0.6) is 5.75 Å². The van der Waals surface area contributed by atoms with Gasteiger partial charge in [-0.05, 0) is 47.3 Å². The summed E-state index contributed by atoms with van der Waals surface area (Å²) in [4.78, 5) is 4.69. The zero-order chi connectivity index (χ0) is 23.3. The summed E-state index contributed by atoms with van der Waals surface area (Å²) in [6.45, 7) is 11.3. The lowest BCUT2D eigenvalue weighted by Crippen LogP contribution is -2.21. The third-order valence-electron chi connectivity index (χ3n) is 5.52. The quantitative estimate of drug-likeness (QED) is 0.265. The first-order chi connectivity index (χ1) is 15.3. The number of aliphatic imine (C=N–C) groups is 1. The zero-order valence-corrected chi connectivity index (χ0v) is 21.2. The number of rotatable bonds is 7. The molecule has 0 radical (unpaired) electrons. The Morgan fingerprint density at radius 1 is 0.938 bits per heavy atom. The third kappa shape index (κ3) is 5.46. The molecular weight excluding hydrogens is 413 g/mol. The van der Waals surface area contributed by atoms with Crippen LogP contribution in [0.3, 0.4) is 0 Å². The Hall–Kier alpha value is -2.48. The largest absolute Gasteiger partial charge is 0.467 e. The predicted octanol–water partition coefficient (Wildman–Crippen LogP) is 5.68. The number of hydrogen-bond donors (Lipinski definition) is 0. The van der Waals surface area contributed by atoms with Crippen molar-refractivity contribution in [3.05, 3.63) is 88.5 Å². The van der Waals surface area contributed by atoms with Crippen LogP contribution in [0, 0.1) is 13.8 Å². The molecule has 3 aromatic rings. The van der Waals surface area contributed by atoms with E-state index in [-0.39, 0.29) is 12.2 Å². The van der Waals surface area contributed by atoms with Crippen LogP contribution >= 0.6 is 8.58 Å². The lowest BCUT2D eigenvalue weighted by atomic mass is 9.86. The molecule has 0 saturated carbocycles. The lowest BCUT2D eigenvalue weighted by Gasteiger charge is -2.24. The second kappa shape index (κ2) is 10.4. The van der Waals surface area contributed by atoms with Crippen molar-refractivity contribution < 1.29 is 9.47 Å². The monoisotopic (exact) mass is 447 g/mol. The van der Waals surface area contributed by atoms with E-state index >= 15 is 0 Å². The maximum Gasteiger partial charge on any atom is 0.188 e. The molecule has 0 fully saturated rings. The fraction of sp³-hybridized carbons (Fsp3) is 0.321. The van der Waals surface area contributed by atoms with E-state index in [1.165, 1.54) is 27.3 Å². The third-order valence-corrected chi connectivity index (χ3v) is 7.07. The Labute approximate surface area is 194 Å². The minimum atomic E-state index is 0.0540. The summed E-state index contributed by atoms with van der Waals surface area (Å²) in [6.07, 6.45) is 0. The highest BCUT2D eigenvalue weighted by Crippen LogP contribution is 2.32. The van der Waals surface area contributed by atoms with Gasteiger partial charge >= 0.3 is 0 Å². The Balaban J connectivity index is 2.16. The molecule has 1 atom stereocenters. The second-order valence-corrected chi connectivity index (χ2v) is 10.3. The number of methoxy groups -OCH3 is 1. The molecule has 1 unspecified atom stereocenters. The van der Waals surface area contributed by atoms with E-state index in [0.29, 0.717) is 8.58 Å². The van der Waals surface area contributed by atoms with E-state index < -0.39 is 0 Å². The van der Waals surface area contributed by atoms with Gasteiger partial charge in [0.05, 0.1) is 5.71 Å². The predicted molar refractivity (Wildman–Crippen MR) is 139 cm³/mol. The zero-order valence-electron chi connectivity index (χ0n) is 20.2. The van der Waals surface area contributed by atoms with Gasteiger partial charge in [0.25, 0.3) is 0 Å². The number of benzene rings is 3. The summed E-state index contributed by atoms with van der Waals surface area (Å²) in [6, 6.07) is 21.4. The molecule has 0 spiro atoms. The number of aryl methyl sites for hydroxylation is 2. The highest BCUT2D eigenvalue weighted by molar-refractivity contribution is 7.56. The van der Waals surface area contributed by atoms with Crippen molar-refractivity contribution in [2.75, 3.05) is 21.0 Å². The van der Waals surface area contributed by atoms with Gasteiger partial charge in [0, 0.05) is 30.6 Å². The first-order valence-corrected chi connectivity index (χ1v) is 11.9. The smallest absolute Gasteiger partial charge is 0.188 e. The Bertz CT molecular complexity index is 1100. The summed E-state index contributed by atoms with van der Waals surface area (Å²) >= 11 is 0. The van der Waals surface area contributed by atoms with Crippen molar-refractivity contribution in [1.29, 1.82) is 0 Å². The molecule has 0 heterocycles. The fourth-order valence-corrected chi connectivity index (χ4v) is 5.27. The molecule has 4 heteroatoms. The van der Waals surface area contributed by atoms with Gasteiger partial charge in [0.2, 0.25) is 0 Å². The molecule has 3 rings (SSSR count). The first kappa shape index (κ1) is 24.2. The van der Waals surface area contributed by atoms with Crippen molar-refractivity contribution in [2.24, 2.45) is 4.99 Å². The second-order valence-electron chi connectivity index (χ2n) is 9.03. The topological polar surface area (TPSA) is 30.8 Å². The van der Waals surface area contributed by atoms with Gasteiger partial charge in [-0.25, -0.2) is 0 Å². The number of hydrogen-bond acceptors (Lipinski definition) is 3. The summed E-state index contributed by atoms with van der Waals surface area (Å²) in [5, 5.41) is 2.50. The molecule has 3 aromatic carbocycles. The van der Waals surface area contributed by atoms with Crippen molar-refractivity contribution in [1.82, 2.24) is 0 Å². The SMILES string of the molecule is C/N=C(\c1ccccc1)c1cccc(C)c1Pc1cc(C(C)(C)C)cc(C)c1OCOC. The van der Waals surface area contributed by atoms with Gasteiger partial charge in [0.1, 0.15) is 5.75 Å². The average molecular weight is 448 g/mol. The molecule has 0 aliphatic rings. The van der Waals surface area contributed by atoms with Gasteiger partial charge in [-0.2, -0.15) is 0 Å². The van der Waals surface area contributed by atoms with E-state index in [2.05, 4.69) is 94.2 Å². The summed E-state index contributed by atoms with van der Waals surface area (Å²) < 4.78 is 11.3. The van der Waals surface area contributed by atoms with E-state index in [4.69, 9.17) is 9.47 Å².